The summed E-state index contributed by atoms with van der Waals surface area (Å²) in [6.07, 6.45) is 3.01. The smallest absolute Gasteiger partial charge is 0.152 e. The van der Waals surface area contributed by atoms with Crippen molar-refractivity contribution in [2.75, 3.05) is 17.2 Å². The molecule has 0 saturated carbocycles. The predicted molar refractivity (Wildman–Crippen MR) is 81.6 cm³/mol. The molecule has 1 fully saturated rings. The van der Waals surface area contributed by atoms with E-state index in [4.69, 9.17) is 5.73 Å². The van der Waals surface area contributed by atoms with Gasteiger partial charge >= 0.3 is 0 Å². The lowest BCUT2D eigenvalue weighted by Gasteiger charge is -2.10. The Kier molecular flexibility index (Phi) is 3.44. The summed E-state index contributed by atoms with van der Waals surface area (Å²) in [7, 11) is -2.97. The average Bonchev–Trinajstić information content (AvgIpc) is 2.99. The summed E-state index contributed by atoms with van der Waals surface area (Å²) >= 11 is 0. The summed E-state index contributed by atoms with van der Waals surface area (Å²) in [4.78, 5) is 4.32. The normalized spacial score (nSPS) is 20.7. The molecular weight excluding hydrogens is 288 g/mol. The first kappa shape index (κ1) is 14.1. The van der Waals surface area contributed by atoms with Crippen molar-refractivity contribution in [3.8, 4) is 11.4 Å². The molecule has 21 heavy (non-hydrogen) atoms. The Morgan fingerprint density at radius 2 is 2.24 bits per heavy atom. The van der Waals surface area contributed by atoms with E-state index in [1.807, 2.05) is 25.1 Å². The molecule has 2 aromatic rings. The van der Waals surface area contributed by atoms with Crippen molar-refractivity contribution in [1.29, 1.82) is 0 Å². The van der Waals surface area contributed by atoms with E-state index < -0.39 is 9.84 Å². The number of sulfone groups is 1. The van der Waals surface area contributed by atoms with Gasteiger partial charge in [-0.1, -0.05) is 13.0 Å². The third kappa shape index (κ3) is 2.53. The highest BCUT2D eigenvalue weighted by Gasteiger charge is 2.32. The molecule has 3 heterocycles. The molecule has 0 bridgehead atoms. The molecule has 1 aliphatic heterocycles. The first-order valence-electron chi connectivity index (χ1n) is 7.00. The van der Waals surface area contributed by atoms with Gasteiger partial charge in [-0.2, -0.15) is 5.10 Å². The van der Waals surface area contributed by atoms with Crippen LogP contribution in [0.5, 0.6) is 0 Å². The van der Waals surface area contributed by atoms with Crippen molar-refractivity contribution in [2.24, 2.45) is 0 Å². The number of aromatic nitrogens is 3. The Balaban J connectivity index is 2.06. The number of pyridine rings is 1. The molecule has 3 rings (SSSR count). The molecule has 1 atom stereocenters. The van der Waals surface area contributed by atoms with Crippen LogP contribution in [0.2, 0.25) is 0 Å². The highest BCUT2D eigenvalue weighted by atomic mass is 32.2. The fourth-order valence-electron chi connectivity index (χ4n) is 2.79. The van der Waals surface area contributed by atoms with Gasteiger partial charge in [-0.05, 0) is 25.0 Å². The summed E-state index contributed by atoms with van der Waals surface area (Å²) in [5.74, 6) is 0.876. The monoisotopic (exact) mass is 306 g/mol. The zero-order chi connectivity index (χ0) is 15.0. The van der Waals surface area contributed by atoms with Crippen LogP contribution in [0.1, 0.15) is 24.9 Å². The van der Waals surface area contributed by atoms with Crippen LogP contribution in [-0.2, 0) is 16.3 Å². The maximum atomic E-state index is 11.7. The van der Waals surface area contributed by atoms with Gasteiger partial charge in [0.05, 0.1) is 23.2 Å². The molecule has 0 spiro atoms. The maximum absolute atomic E-state index is 11.7. The van der Waals surface area contributed by atoms with Gasteiger partial charge in [-0.15, -0.1) is 0 Å². The van der Waals surface area contributed by atoms with Crippen molar-refractivity contribution in [3.63, 3.8) is 0 Å². The zero-order valence-electron chi connectivity index (χ0n) is 11.9. The number of nitrogens with zero attached hydrogens (tertiary/aromatic N) is 3. The Labute approximate surface area is 123 Å². The van der Waals surface area contributed by atoms with E-state index in [0.29, 0.717) is 12.2 Å². The zero-order valence-corrected chi connectivity index (χ0v) is 12.7. The lowest BCUT2D eigenvalue weighted by Crippen LogP contribution is -2.15. The van der Waals surface area contributed by atoms with Crippen LogP contribution >= 0.6 is 0 Å². The van der Waals surface area contributed by atoms with E-state index in [0.717, 1.165) is 23.4 Å². The number of rotatable bonds is 3. The van der Waals surface area contributed by atoms with E-state index in [9.17, 15) is 8.42 Å². The van der Waals surface area contributed by atoms with Crippen LogP contribution in [0.4, 0.5) is 5.82 Å². The lowest BCUT2D eigenvalue weighted by atomic mass is 10.1. The molecule has 7 heteroatoms. The third-order valence-corrected chi connectivity index (χ3v) is 5.62. The molecule has 1 unspecified atom stereocenters. The molecule has 112 valence electrons. The van der Waals surface area contributed by atoms with Crippen molar-refractivity contribution in [3.05, 3.63) is 30.0 Å². The van der Waals surface area contributed by atoms with E-state index in [1.54, 1.807) is 10.9 Å². The summed E-state index contributed by atoms with van der Waals surface area (Å²) in [6.45, 7) is 2.01. The minimum Gasteiger partial charge on any atom is -0.384 e. The second-order valence-electron chi connectivity index (χ2n) is 5.28. The largest absolute Gasteiger partial charge is 0.384 e. The number of nitrogen functional groups attached to an aromatic ring is 1. The molecule has 1 saturated heterocycles. The summed E-state index contributed by atoms with van der Waals surface area (Å²) in [5, 5.41) is 4.56. The second kappa shape index (κ2) is 5.14. The molecular formula is C14H18N4O2S. The molecule has 6 nitrogen and oxygen atoms in total. The molecule has 0 radical (unpaired) electrons. The van der Waals surface area contributed by atoms with Crippen LogP contribution < -0.4 is 5.73 Å². The second-order valence-corrected chi connectivity index (χ2v) is 7.51. The van der Waals surface area contributed by atoms with Gasteiger partial charge in [0.2, 0.25) is 0 Å². The van der Waals surface area contributed by atoms with Gasteiger partial charge in [0.15, 0.2) is 9.84 Å². The molecule has 1 aliphatic rings. The molecule has 0 aliphatic carbocycles. The third-order valence-electron chi connectivity index (χ3n) is 3.86. The van der Waals surface area contributed by atoms with Gasteiger partial charge in [0.1, 0.15) is 11.5 Å². The molecule has 2 aromatic heterocycles. The highest BCUT2D eigenvalue weighted by molar-refractivity contribution is 7.91. The minimum atomic E-state index is -2.97. The molecule has 0 aromatic carbocycles. The average molecular weight is 306 g/mol. The summed E-state index contributed by atoms with van der Waals surface area (Å²) in [5.41, 5.74) is 8.64. The Morgan fingerprint density at radius 1 is 1.43 bits per heavy atom. The van der Waals surface area contributed by atoms with E-state index in [1.165, 1.54) is 0 Å². The number of hydrogen-bond donors (Lipinski definition) is 1. The van der Waals surface area contributed by atoms with Gasteiger partial charge < -0.3 is 5.73 Å². The fraction of sp³-hybridized carbons (Fsp3) is 0.429. The van der Waals surface area contributed by atoms with Gasteiger partial charge in [0.25, 0.3) is 0 Å². The quantitative estimate of drug-likeness (QED) is 0.926. The van der Waals surface area contributed by atoms with Crippen molar-refractivity contribution >= 4 is 15.7 Å². The minimum absolute atomic E-state index is 0.115. The van der Waals surface area contributed by atoms with Crippen LogP contribution in [-0.4, -0.2) is 34.7 Å². The van der Waals surface area contributed by atoms with Crippen LogP contribution in [0, 0.1) is 0 Å². The standard InChI is InChI=1S/C14H18N4O2S/c1-2-11-13(12-5-3-4-7-16-12)17-18(14(11)15)10-6-8-21(19,20)9-10/h3-5,7,10H,2,6,8-9,15H2,1H3. The Morgan fingerprint density at radius 3 is 2.81 bits per heavy atom. The van der Waals surface area contributed by atoms with Crippen molar-refractivity contribution in [2.45, 2.75) is 25.8 Å². The summed E-state index contributed by atoms with van der Waals surface area (Å²) < 4.78 is 25.0. The van der Waals surface area contributed by atoms with Gasteiger partial charge in [-0.3, -0.25) is 4.98 Å². The summed E-state index contributed by atoms with van der Waals surface area (Å²) in [6, 6.07) is 5.46. The first-order valence-corrected chi connectivity index (χ1v) is 8.82. The van der Waals surface area contributed by atoms with Crippen LogP contribution in [0.15, 0.2) is 24.4 Å². The molecule has 2 N–H and O–H groups in total. The maximum Gasteiger partial charge on any atom is 0.152 e. The van der Waals surface area contributed by atoms with E-state index >= 15 is 0 Å². The van der Waals surface area contributed by atoms with Crippen LogP contribution in [0.3, 0.4) is 0 Å². The highest BCUT2D eigenvalue weighted by Crippen LogP contribution is 2.32. The predicted octanol–water partition coefficient (Wildman–Crippen LogP) is 1.45. The van der Waals surface area contributed by atoms with E-state index in [-0.39, 0.29) is 17.5 Å². The van der Waals surface area contributed by atoms with E-state index in [2.05, 4.69) is 10.1 Å². The van der Waals surface area contributed by atoms with Gasteiger partial charge in [-0.25, -0.2) is 13.1 Å². The molecule has 0 amide bonds. The number of nitrogens with two attached hydrogens (primary N) is 1. The Bertz CT molecular complexity index is 753. The van der Waals surface area contributed by atoms with Crippen molar-refractivity contribution < 1.29 is 8.42 Å². The first-order chi connectivity index (χ1) is 10.0. The Hall–Kier alpha value is -1.89. The lowest BCUT2D eigenvalue weighted by molar-refractivity contribution is 0.508. The number of hydrogen-bond acceptors (Lipinski definition) is 5. The van der Waals surface area contributed by atoms with Gasteiger partial charge in [0, 0.05) is 11.8 Å². The van der Waals surface area contributed by atoms with Crippen molar-refractivity contribution in [1.82, 2.24) is 14.8 Å². The number of anilines is 1. The fourth-order valence-corrected chi connectivity index (χ4v) is 4.48. The topological polar surface area (TPSA) is 90.9 Å². The van der Waals surface area contributed by atoms with Crippen LogP contribution in [0.25, 0.3) is 11.4 Å². The SMILES string of the molecule is CCc1c(-c2ccccn2)nn(C2CCS(=O)(=O)C2)c1N.